The predicted molar refractivity (Wildman–Crippen MR) is 57.8 cm³/mol. The maximum atomic E-state index is 5.37. The Kier molecular flexibility index (Phi) is 2.96. The number of nitrogens with zero attached hydrogens (tertiary/aromatic N) is 1. The highest BCUT2D eigenvalue weighted by Crippen LogP contribution is 2.12. The Morgan fingerprint density at radius 1 is 1.29 bits per heavy atom. The Morgan fingerprint density at radius 3 is 2.86 bits per heavy atom. The van der Waals surface area contributed by atoms with Gasteiger partial charge < -0.3 is 4.74 Å². The Balaban J connectivity index is 1.97. The van der Waals surface area contributed by atoms with E-state index in [1.807, 2.05) is 42.6 Å². The van der Waals surface area contributed by atoms with Gasteiger partial charge in [-0.1, -0.05) is 18.2 Å². The van der Waals surface area contributed by atoms with Crippen molar-refractivity contribution in [3.63, 3.8) is 0 Å². The van der Waals surface area contributed by atoms with Crippen molar-refractivity contribution in [1.82, 2.24) is 0 Å². The lowest BCUT2D eigenvalue weighted by atomic mass is 10.2. The summed E-state index contributed by atoms with van der Waals surface area (Å²) in [5, 5.41) is 0. The van der Waals surface area contributed by atoms with Crippen LogP contribution in [0.25, 0.3) is 0 Å². The van der Waals surface area contributed by atoms with Crippen molar-refractivity contribution in [1.29, 1.82) is 0 Å². The van der Waals surface area contributed by atoms with Gasteiger partial charge in [0.1, 0.15) is 6.10 Å². The third kappa shape index (κ3) is 2.46. The van der Waals surface area contributed by atoms with Crippen molar-refractivity contribution in [2.24, 2.45) is 4.99 Å². The molecule has 72 valence electrons. The lowest BCUT2D eigenvalue weighted by Gasteiger charge is -2.14. The van der Waals surface area contributed by atoms with Crippen molar-refractivity contribution in [2.75, 3.05) is 0 Å². The summed E-state index contributed by atoms with van der Waals surface area (Å²) in [5.41, 5.74) is 0.977. The van der Waals surface area contributed by atoms with Gasteiger partial charge in [-0.15, -0.1) is 0 Å². The number of para-hydroxylation sites is 1. The SMILES string of the molecule is C1=CO[C@@H](C=Nc2ccccc2)CC1. The fourth-order valence-electron chi connectivity index (χ4n) is 1.35. The van der Waals surface area contributed by atoms with Crippen molar-refractivity contribution in [3.8, 4) is 0 Å². The van der Waals surface area contributed by atoms with E-state index in [9.17, 15) is 0 Å². The number of hydrogen-bond acceptors (Lipinski definition) is 2. The van der Waals surface area contributed by atoms with Crippen molar-refractivity contribution >= 4 is 11.9 Å². The van der Waals surface area contributed by atoms with E-state index in [0.29, 0.717) is 0 Å². The molecular weight excluding hydrogens is 174 g/mol. The zero-order valence-corrected chi connectivity index (χ0v) is 7.97. The van der Waals surface area contributed by atoms with E-state index >= 15 is 0 Å². The number of rotatable bonds is 2. The molecule has 2 nitrogen and oxygen atoms in total. The standard InChI is InChI=1S/C12H13NO/c1-2-6-11(7-3-1)13-10-12-8-4-5-9-14-12/h1-3,5-7,9-10,12H,4,8H2/t12-/m1/s1. The zero-order chi connectivity index (χ0) is 9.64. The van der Waals surface area contributed by atoms with Crippen LogP contribution in [0.2, 0.25) is 0 Å². The summed E-state index contributed by atoms with van der Waals surface area (Å²) >= 11 is 0. The largest absolute Gasteiger partial charge is 0.493 e. The molecule has 1 atom stereocenters. The van der Waals surface area contributed by atoms with E-state index < -0.39 is 0 Å². The van der Waals surface area contributed by atoms with E-state index in [1.165, 1.54) is 0 Å². The fourth-order valence-corrected chi connectivity index (χ4v) is 1.35. The first-order valence-electron chi connectivity index (χ1n) is 4.85. The third-order valence-corrected chi connectivity index (χ3v) is 2.11. The Bertz CT molecular complexity index is 329. The van der Waals surface area contributed by atoms with Crippen LogP contribution in [0.15, 0.2) is 47.7 Å². The van der Waals surface area contributed by atoms with Gasteiger partial charge >= 0.3 is 0 Å². The molecule has 0 unspecified atom stereocenters. The van der Waals surface area contributed by atoms with Crippen LogP contribution in [0.1, 0.15) is 12.8 Å². The molecule has 1 aromatic rings. The van der Waals surface area contributed by atoms with Crippen LogP contribution in [-0.2, 0) is 4.74 Å². The van der Waals surface area contributed by atoms with Crippen molar-refractivity contribution < 1.29 is 4.74 Å². The summed E-state index contributed by atoms with van der Waals surface area (Å²) in [4.78, 5) is 4.35. The lowest BCUT2D eigenvalue weighted by molar-refractivity contribution is 0.185. The molecule has 0 aromatic heterocycles. The maximum absolute atomic E-state index is 5.37. The highest BCUT2D eigenvalue weighted by molar-refractivity contribution is 5.67. The predicted octanol–water partition coefficient (Wildman–Crippen LogP) is 3.08. The van der Waals surface area contributed by atoms with Crippen LogP contribution in [0, 0.1) is 0 Å². The van der Waals surface area contributed by atoms with Crippen LogP contribution in [0.3, 0.4) is 0 Å². The lowest BCUT2D eigenvalue weighted by Crippen LogP contribution is -2.13. The molecule has 0 bridgehead atoms. The van der Waals surface area contributed by atoms with E-state index in [2.05, 4.69) is 4.99 Å². The van der Waals surface area contributed by atoms with Crippen LogP contribution in [-0.4, -0.2) is 12.3 Å². The molecule has 0 N–H and O–H groups in total. The second-order valence-electron chi connectivity index (χ2n) is 3.24. The van der Waals surface area contributed by atoms with E-state index in [-0.39, 0.29) is 6.10 Å². The number of hydrogen-bond donors (Lipinski definition) is 0. The summed E-state index contributed by atoms with van der Waals surface area (Å²) in [5.74, 6) is 0. The second kappa shape index (κ2) is 4.61. The number of aliphatic imine (C=N–C) groups is 1. The first-order valence-corrected chi connectivity index (χ1v) is 4.85. The average molecular weight is 187 g/mol. The first-order chi connectivity index (χ1) is 6.95. The Hall–Kier alpha value is -1.57. The zero-order valence-electron chi connectivity index (χ0n) is 7.97. The van der Waals surface area contributed by atoms with E-state index in [0.717, 1.165) is 18.5 Å². The van der Waals surface area contributed by atoms with Gasteiger partial charge in [0.2, 0.25) is 0 Å². The molecule has 1 heterocycles. The van der Waals surface area contributed by atoms with Gasteiger partial charge in [-0.05, 0) is 31.1 Å². The minimum absolute atomic E-state index is 0.139. The first kappa shape index (κ1) is 9.00. The van der Waals surface area contributed by atoms with Crippen LogP contribution < -0.4 is 0 Å². The van der Waals surface area contributed by atoms with Crippen molar-refractivity contribution in [3.05, 3.63) is 42.7 Å². The number of benzene rings is 1. The normalized spacial score (nSPS) is 21.0. The van der Waals surface area contributed by atoms with E-state index in [4.69, 9.17) is 4.74 Å². The second-order valence-corrected chi connectivity index (χ2v) is 3.24. The number of ether oxygens (including phenoxy) is 1. The van der Waals surface area contributed by atoms with Gasteiger partial charge in [-0.2, -0.15) is 0 Å². The Morgan fingerprint density at radius 2 is 2.14 bits per heavy atom. The molecule has 0 saturated carbocycles. The summed E-state index contributed by atoms with van der Waals surface area (Å²) in [6.07, 6.45) is 7.90. The molecule has 1 aliphatic rings. The Labute approximate surface area is 83.9 Å². The molecule has 14 heavy (non-hydrogen) atoms. The van der Waals surface area contributed by atoms with E-state index in [1.54, 1.807) is 6.26 Å². The van der Waals surface area contributed by atoms with Gasteiger partial charge in [-0.25, -0.2) is 0 Å². The summed E-state index contributed by atoms with van der Waals surface area (Å²) in [7, 11) is 0. The molecule has 0 spiro atoms. The van der Waals surface area contributed by atoms with Crippen molar-refractivity contribution in [2.45, 2.75) is 18.9 Å². The molecule has 2 heteroatoms. The quantitative estimate of drug-likeness (QED) is 0.652. The molecule has 0 saturated heterocycles. The topological polar surface area (TPSA) is 21.6 Å². The minimum atomic E-state index is 0.139. The fraction of sp³-hybridized carbons (Fsp3) is 0.250. The highest BCUT2D eigenvalue weighted by Gasteiger charge is 2.06. The molecular formula is C12H13NO. The molecule has 0 radical (unpaired) electrons. The molecule has 0 fully saturated rings. The van der Waals surface area contributed by atoms with Gasteiger partial charge in [0.05, 0.1) is 11.9 Å². The van der Waals surface area contributed by atoms with Gasteiger partial charge in [0.25, 0.3) is 0 Å². The average Bonchev–Trinajstić information content (AvgIpc) is 2.29. The summed E-state index contributed by atoms with van der Waals surface area (Å²) in [6.45, 7) is 0. The van der Waals surface area contributed by atoms with Crippen LogP contribution >= 0.6 is 0 Å². The maximum Gasteiger partial charge on any atom is 0.133 e. The summed E-state index contributed by atoms with van der Waals surface area (Å²) < 4.78 is 5.37. The highest BCUT2D eigenvalue weighted by atomic mass is 16.5. The molecule has 2 rings (SSSR count). The molecule has 1 aliphatic heterocycles. The monoisotopic (exact) mass is 187 g/mol. The minimum Gasteiger partial charge on any atom is -0.493 e. The van der Waals surface area contributed by atoms with Gasteiger partial charge in [0.15, 0.2) is 0 Å². The van der Waals surface area contributed by atoms with Crippen LogP contribution in [0.4, 0.5) is 5.69 Å². The third-order valence-electron chi connectivity index (χ3n) is 2.11. The summed E-state index contributed by atoms with van der Waals surface area (Å²) in [6, 6.07) is 9.91. The molecule has 0 amide bonds. The number of allylic oxidation sites excluding steroid dienone is 1. The smallest absolute Gasteiger partial charge is 0.133 e. The van der Waals surface area contributed by atoms with Gasteiger partial charge in [-0.3, -0.25) is 4.99 Å². The molecule has 0 aliphatic carbocycles. The molecule has 1 aromatic carbocycles. The van der Waals surface area contributed by atoms with Gasteiger partial charge in [0, 0.05) is 6.21 Å². The van der Waals surface area contributed by atoms with Crippen LogP contribution in [0.5, 0.6) is 0 Å².